The molecule has 0 spiro atoms. The molecule has 0 aromatic rings. The van der Waals surface area contributed by atoms with Crippen molar-refractivity contribution in [3.8, 4) is 0 Å². The van der Waals surface area contributed by atoms with Crippen molar-refractivity contribution in [3.05, 3.63) is 0 Å². The Labute approximate surface area is 216 Å². The molecule has 0 N–H and O–H groups in total. The van der Waals surface area contributed by atoms with Crippen LogP contribution in [0, 0.1) is 0 Å². The lowest BCUT2D eigenvalue weighted by molar-refractivity contribution is -0.163. The Bertz CT molecular complexity index is 628. The number of carbonyl (C=O) groups excluding carboxylic acids is 4. The van der Waals surface area contributed by atoms with Crippen LogP contribution in [0.4, 0.5) is 0 Å². The average molecular weight is 517 g/mol. The Balaban J connectivity index is 5.55. The van der Waals surface area contributed by atoms with E-state index in [1.54, 1.807) is 92.9 Å². The topological polar surface area (TPSA) is 112 Å². The molecule has 0 atom stereocenters. The number of hydrogen-bond acceptors (Lipinski definition) is 10. The summed E-state index contributed by atoms with van der Waals surface area (Å²) < 4.78 is 21.6. The number of hydrogen-bond donors (Lipinski definition) is 0. The highest BCUT2D eigenvalue weighted by Gasteiger charge is 2.27. The van der Waals surface area contributed by atoms with Crippen LogP contribution >= 0.6 is 0 Å². The molecular formula is C26H48N2O8. The summed E-state index contributed by atoms with van der Waals surface area (Å²) in [5.74, 6) is -2.01. The van der Waals surface area contributed by atoms with Gasteiger partial charge in [0.15, 0.2) is 0 Å². The quantitative estimate of drug-likeness (QED) is 0.300. The molecular weight excluding hydrogens is 468 g/mol. The molecule has 0 fully saturated rings. The van der Waals surface area contributed by atoms with Crippen LogP contribution in [0.3, 0.4) is 0 Å². The summed E-state index contributed by atoms with van der Waals surface area (Å²) in [5, 5.41) is 0. The Hall–Kier alpha value is -2.20. The van der Waals surface area contributed by atoms with Crippen molar-refractivity contribution in [2.24, 2.45) is 0 Å². The summed E-state index contributed by atoms with van der Waals surface area (Å²) in [6, 6.07) is 0. The van der Waals surface area contributed by atoms with Crippen molar-refractivity contribution in [3.63, 3.8) is 0 Å². The molecule has 10 nitrogen and oxygen atoms in total. The molecule has 10 heteroatoms. The van der Waals surface area contributed by atoms with Crippen molar-refractivity contribution in [2.75, 3.05) is 39.3 Å². The molecule has 0 unspecified atom stereocenters. The van der Waals surface area contributed by atoms with E-state index in [9.17, 15) is 19.2 Å². The zero-order chi connectivity index (χ0) is 28.5. The lowest BCUT2D eigenvalue weighted by atomic mass is 10.2. The Morgan fingerprint density at radius 1 is 0.417 bits per heavy atom. The number of rotatable bonds is 11. The highest BCUT2D eigenvalue weighted by Crippen LogP contribution is 2.12. The minimum absolute atomic E-state index is 0.163. The largest absolute Gasteiger partial charge is 0.459 e. The minimum atomic E-state index is -0.686. The first-order chi connectivity index (χ1) is 15.9. The van der Waals surface area contributed by atoms with Gasteiger partial charge in [0.25, 0.3) is 0 Å². The van der Waals surface area contributed by atoms with Crippen LogP contribution < -0.4 is 0 Å². The molecule has 36 heavy (non-hydrogen) atoms. The van der Waals surface area contributed by atoms with Gasteiger partial charge >= 0.3 is 23.9 Å². The highest BCUT2D eigenvalue weighted by molar-refractivity contribution is 5.76. The van der Waals surface area contributed by atoms with Crippen LogP contribution in [0.5, 0.6) is 0 Å². The van der Waals surface area contributed by atoms with E-state index >= 15 is 0 Å². The van der Waals surface area contributed by atoms with Crippen molar-refractivity contribution in [1.82, 2.24) is 9.80 Å². The molecule has 210 valence electrons. The van der Waals surface area contributed by atoms with E-state index in [0.717, 1.165) is 0 Å². The van der Waals surface area contributed by atoms with Crippen molar-refractivity contribution in [2.45, 2.75) is 105 Å². The predicted molar refractivity (Wildman–Crippen MR) is 136 cm³/mol. The summed E-state index contributed by atoms with van der Waals surface area (Å²) in [6.07, 6.45) is 0. The Morgan fingerprint density at radius 2 is 0.583 bits per heavy atom. The molecule has 0 aliphatic carbocycles. The summed E-state index contributed by atoms with van der Waals surface area (Å²) in [4.78, 5) is 53.0. The van der Waals surface area contributed by atoms with E-state index in [1.165, 1.54) is 0 Å². The fourth-order valence-corrected chi connectivity index (χ4v) is 2.94. The van der Waals surface area contributed by atoms with Crippen LogP contribution in [0.2, 0.25) is 0 Å². The SMILES string of the molecule is CC(C)(C)OC(=O)CN(CCN(CC(=O)OC(C)(C)C)CC(=O)OC(C)(C)C)CC(=O)OC(C)(C)C. The zero-order valence-electron chi connectivity index (χ0n) is 24.4. The lowest BCUT2D eigenvalue weighted by Crippen LogP contribution is -2.46. The van der Waals surface area contributed by atoms with Gasteiger partial charge in [-0.15, -0.1) is 0 Å². The highest BCUT2D eigenvalue weighted by atomic mass is 16.6. The second-order valence-corrected chi connectivity index (χ2v) is 12.8. The third kappa shape index (κ3) is 20.0. The van der Waals surface area contributed by atoms with Gasteiger partial charge in [-0.3, -0.25) is 29.0 Å². The minimum Gasteiger partial charge on any atom is -0.459 e. The van der Waals surface area contributed by atoms with Gasteiger partial charge in [0.1, 0.15) is 22.4 Å². The fourth-order valence-electron chi connectivity index (χ4n) is 2.94. The van der Waals surface area contributed by atoms with Gasteiger partial charge in [-0.05, 0) is 83.1 Å². The molecule has 0 aromatic heterocycles. The van der Waals surface area contributed by atoms with E-state index in [4.69, 9.17) is 18.9 Å². The van der Waals surface area contributed by atoms with Crippen LogP contribution in [0.15, 0.2) is 0 Å². The summed E-state index contributed by atoms with van der Waals surface area (Å²) >= 11 is 0. The van der Waals surface area contributed by atoms with Crippen LogP contribution in [-0.2, 0) is 38.1 Å². The monoisotopic (exact) mass is 516 g/mol. The number of esters is 4. The number of carbonyl (C=O) groups is 4. The van der Waals surface area contributed by atoms with Gasteiger partial charge in [-0.1, -0.05) is 0 Å². The van der Waals surface area contributed by atoms with Gasteiger partial charge in [0.05, 0.1) is 26.2 Å². The maximum absolute atomic E-state index is 12.5. The summed E-state index contributed by atoms with van der Waals surface area (Å²) in [7, 11) is 0. The van der Waals surface area contributed by atoms with Crippen molar-refractivity contribution >= 4 is 23.9 Å². The van der Waals surface area contributed by atoms with Gasteiger partial charge < -0.3 is 18.9 Å². The normalized spacial score (nSPS) is 12.9. The first-order valence-electron chi connectivity index (χ1n) is 12.3. The smallest absolute Gasteiger partial charge is 0.320 e. The van der Waals surface area contributed by atoms with Gasteiger partial charge in [0.2, 0.25) is 0 Å². The first kappa shape index (κ1) is 33.8. The molecule has 0 radical (unpaired) electrons. The Kier molecular flexibility index (Phi) is 12.6. The van der Waals surface area contributed by atoms with E-state index in [0.29, 0.717) is 0 Å². The first-order valence-corrected chi connectivity index (χ1v) is 12.3. The van der Waals surface area contributed by atoms with E-state index in [2.05, 4.69) is 0 Å². The molecule has 0 bridgehead atoms. The fraction of sp³-hybridized carbons (Fsp3) is 0.846. The van der Waals surface area contributed by atoms with Crippen LogP contribution in [-0.4, -0.2) is 95.3 Å². The molecule has 0 aliphatic heterocycles. The van der Waals surface area contributed by atoms with E-state index in [1.807, 2.05) is 0 Å². The second-order valence-electron chi connectivity index (χ2n) is 12.8. The summed E-state index contributed by atoms with van der Waals surface area (Å²) in [6.45, 7) is 20.8. The second kappa shape index (κ2) is 13.4. The van der Waals surface area contributed by atoms with Gasteiger partial charge in [-0.2, -0.15) is 0 Å². The molecule has 0 rings (SSSR count). The van der Waals surface area contributed by atoms with Crippen molar-refractivity contribution < 1.29 is 38.1 Å². The van der Waals surface area contributed by atoms with Gasteiger partial charge in [-0.25, -0.2) is 0 Å². The average Bonchev–Trinajstić information content (AvgIpc) is 2.52. The molecule has 0 amide bonds. The predicted octanol–water partition coefficient (Wildman–Crippen LogP) is 2.96. The van der Waals surface area contributed by atoms with Crippen LogP contribution in [0.1, 0.15) is 83.1 Å². The number of nitrogens with zero attached hydrogens (tertiary/aromatic N) is 2. The maximum atomic E-state index is 12.5. The standard InChI is InChI=1S/C26H48N2O8/c1-23(2,3)33-19(29)15-27(16-20(30)34-24(4,5)6)13-14-28(17-21(31)35-25(7,8)9)18-22(32)36-26(10,11)12/h13-18H2,1-12H3. The number of ether oxygens (including phenoxy) is 4. The maximum Gasteiger partial charge on any atom is 0.320 e. The lowest BCUT2D eigenvalue weighted by Gasteiger charge is -2.29. The zero-order valence-corrected chi connectivity index (χ0v) is 24.4. The third-order valence-corrected chi connectivity index (χ3v) is 3.82. The van der Waals surface area contributed by atoms with E-state index < -0.39 is 46.3 Å². The summed E-state index contributed by atoms with van der Waals surface area (Å²) in [5.41, 5.74) is -2.75. The Morgan fingerprint density at radius 3 is 0.722 bits per heavy atom. The molecule has 0 heterocycles. The molecule has 0 aliphatic rings. The van der Waals surface area contributed by atoms with Gasteiger partial charge in [0, 0.05) is 13.1 Å². The van der Waals surface area contributed by atoms with E-state index in [-0.39, 0.29) is 39.3 Å². The van der Waals surface area contributed by atoms with Crippen molar-refractivity contribution in [1.29, 1.82) is 0 Å². The molecule has 0 aromatic carbocycles. The molecule has 0 saturated carbocycles. The van der Waals surface area contributed by atoms with Crippen LogP contribution in [0.25, 0.3) is 0 Å². The molecule has 0 saturated heterocycles. The third-order valence-electron chi connectivity index (χ3n) is 3.82.